The Balaban J connectivity index is 1.75. The van der Waals surface area contributed by atoms with E-state index in [0.717, 1.165) is 27.9 Å². The van der Waals surface area contributed by atoms with Gasteiger partial charge in [-0.15, -0.1) is 0 Å². The van der Waals surface area contributed by atoms with E-state index in [-0.39, 0.29) is 30.7 Å². The second kappa shape index (κ2) is 9.93. The van der Waals surface area contributed by atoms with Crippen molar-refractivity contribution in [2.75, 3.05) is 10.2 Å². The van der Waals surface area contributed by atoms with Gasteiger partial charge in [-0.1, -0.05) is 60.2 Å². The molecule has 1 heterocycles. The summed E-state index contributed by atoms with van der Waals surface area (Å²) in [5.41, 5.74) is 5.13. The largest absolute Gasteiger partial charge is 0.324 e. The summed E-state index contributed by atoms with van der Waals surface area (Å²) in [6.07, 6.45) is 0. The fraction of sp³-hybridized carbons (Fsp3) is 0.214. The van der Waals surface area contributed by atoms with Crippen molar-refractivity contribution in [3.05, 3.63) is 99.3 Å². The number of aryl methyl sites for hydroxylation is 3. The van der Waals surface area contributed by atoms with E-state index in [0.29, 0.717) is 11.0 Å². The van der Waals surface area contributed by atoms with Gasteiger partial charge in [0.15, 0.2) is 0 Å². The minimum absolute atomic E-state index is 0.00310. The SMILES string of the molecule is CC(=O)N(Cc1ccc(C)cc1)c1nc2ccccc2n(CC(=O)Nc2c(C)cccc2C)c1=O. The molecule has 0 bridgehead atoms. The maximum atomic E-state index is 13.6. The third kappa shape index (κ3) is 5.14. The topological polar surface area (TPSA) is 84.3 Å². The van der Waals surface area contributed by atoms with Gasteiger partial charge in [0.05, 0.1) is 17.6 Å². The highest BCUT2D eigenvalue weighted by molar-refractivity contribution is 5.94. The number of hydrogen-bond donors (Lipinski definition) is 1. The standard InChI is InChI=1S/C28H28N4O3/c1-18-12-14-22(15-13-18)16-31(21(4)33)27-28(35)32(24-11-6-5-10-23(24)29-27)17-25(34)30-26-19(2)8-7-9-20(26)3/h5-15H,16-17H2,1-4H3,(H,30,34). The molecule has 4 rings (SSSR count). The monoisotopic (exact) mass is 468 g/mol. The molecular weight excluding hydrogens is 440 g/mol. The van der Waals surface area contributed by atoms with E-state index >= 15 is 0 Å². The number of fused-ring (bicyclic) bond motifs is 1. The van der Waals surface area contributed by atoms with Gasteiger partial charge in [0.25, 0.3) is 5.56 Å². The molecule has 7 heteroatoms. The number of nitrogens with one attached hydrogen (secondary N) is 1. The summed E-state index contributed by atoms with van der Waals surface area (Å²) in [6.45, 7) is 7.22. The predicted octanol–water partition coefficient (Wildman–Crippen LogP) is 4.51. The molecule has 1 N–H and O–H groups in total. The van der Waals surface area contributed by atoms with E-state index in [9.17, 15) is 14.4 Å². The summed E-state index contributed by atoms with van der Waals surface area (Å²) in [7, 11) is 0. The van der Waals surface area contributed by atoms with Crippen molar-refractivity contribution in [3.63, 3.8) is 0 Å². The van der Waals surface area contributed by atoms with Crippen molar-refractivity contribution >= 4 is 34.4 Å². The molecule has 0 unspecified atom stereocenters. The van der Waals surface area contributed by atoms with Crippen LogP contribution in [0.1, 0.15) is 29.2 Å². The van der Waals surface area contributed by atoms with Gasteiger partial charge >= 0.3 is 0 Å². The van der Waals surface area contributed by atoms with Gasteiger partial charge in [0.1, 0.15) is 6.54 Å². The van der Waals surface area contributed by atoms with E-state index in [4.69, 9.17) is 0 Å². The number of carbonyl (C=O) groups is 2. The average molecular weight is 469 g/mol. The Morgan fingerprint density at radius 2 is 1.57 bits per heavy atom. The normalized spacial score (nSPS) is 10.9. The van der Waals surface area contributed by atoms with Gasteiger partial charge in [0, 0.05) is 12.6 Å². The molecule has 0 aliphatic heterocycles. The van der Waals surface area contributed by atoms with Crippen LogP contribution in [0.5, 0.6) is 0 Å². The van der Waals surface area contributed by atoms with Crippen LogP contribution >= 0.6 is 0 Å². The lowest BCUT2D eigenvalue weighted by molar-refractivity contribution is -0.117. The van der Waals surface area contributed by atoms with Crippen LogP contribution in [0, 0.1) is 20.8 Å². The van der Waals surface area contributed by atoms with Gasteiger partial charge in [-0.2, -0.15) is 0 Å². The van der Waals surface area contributed by atoms with Gasteiger partial charge in [0.2, 0.25) is 17.6 Å². The van der Waals surface area contributed by atoms with Gasteiger partial charge in [-0.3, -0.25) is 23.9 Å². The third-order valence-electron chi connectivity index (χ3n) is 5.98. The Kier molecular flexibility index (Phi) is 6.78. The number of benzene rings is 3. The molecule has 0 aliphatic carbocycles. The molecule has 178 valence electrons. The quantitative estimate of drug-likeness (QED) is 0.451. The summed E-state index contributed by atoms with van der Waals surface area (Å²) >= 11 is 0. The number of anilines is 2. The van der Waals surface area contributed by atoms with Crippen LogP contribution in [0.2, 0.25) is 0 Å². The van der Waals surface area contributed by atoms with Crippen molar-refractivity contribution in [3.8, 4) is 0 Å². The van der Waals surface area contributed by atoms with Crippen molar-refractivity contribution in [1.29, 1.82) is 0 Å². The Labute approximate surface area is 204 Å². The highest BCUT2D eigenvalue weighted by Crippen LogP contribution is 2.21. The van der Waals surface area contributed by atoms with Crippen LogP contribution < -0.4 is 15.8 Å². The molecule has 0 aliphatic rings. The molecule has 0 radical (unpaired) electrons. The smallest absolute Gasteiger partial charge is 0.294 e. The van der Waals surface area contributed by atoms with E-state index in [2.05, 4.69) is 10.3 Å². The highest BCUT2D eigenvalue weighted by Gasteiger charge is 2.22. The minimum Gasteiger partial charge on any atom is -0.324 e. The van der Waals surface area contributed by atoms with Crippen LogP contribution in [0.25, 0.3) is 11.0 Å². The number of nitrogens with zero attached hydrogens (tertiary/aromatic N) is 3. The highest BCUT2D eigenvalue weighted by atomic mass is 16.2. The maximum Gasteiger partial charge on any atom is 0.294 e. The average Bonchev–Trinajstić information content (AvgIpc) is 2.83. The minimum atomic E-state index is -0.498. The third-order valence-corrected chi connectivity index (χ3v) is 5.98. The Bertz CT molecular complexity index is 1450. The molecule has 0 spiro atoms. The lowest BCUT2D eigenvalue weighted by Gasteiger charge is -2.22. The lowest BCUT2D eigenvalue weighted by Crippen LogP contribution is -2.38. The van der Waals surface area contributed by atoms with E-state index in [1.54, 1.807) is 18.2 Å². The molecule has 0 atom stereocenters. The Morgan fingerprint density at radius 1 is 0.914 bits per heavy atom. The molecule has 0 saturated carbocycles. The summed E-state index contributed by atoms with van der Waals surface area (Å²) in [6, 6.07) is 20.6. The van der Waals surface area contributed by atoms with Crippen LogP contribution in [0.3, 0.4) is 0 Å². The number of aromatic nitrogens is 2. The van der Waals surface area contributed by atoms with Crippen LogP contribution in [0.15, 0.2) is 71.5 Å². The molecule has 0 fully saturated rings. The van der Waals surface area contributed by atoms with Crippen molar-refractivity contribution in [2.45, 2.75) is 40.8 Å². The van der Waals surface area contributed by atoms with E-state index < -0.39 is 5.56 Å². The number of rotatable bonds is 6. The van der Waals surface area contributed by atoms with Crippen LogP contribution in [-0.4, -0.2) is 21.4 Å². The molecule has 1 aromatic heterocycles. The van der Waals surface area contributed by atoms with Gasteiger partial charge < -0.3 is 5.32 Å². The first-order valence-electron chi connectivity index (χ1n) is 11.4. The molecule has 35 heavy (non-hydrogen) atoms. The molecule has 0 saturated heterocycles. The molecule has 2 amide bonds. The first-order chi connectivity index (χ1) is 16.7. The molecule has 4 aromatic rings. The fourth-order valence-corrected chi connectivity index (χ4v) is 4.06. The summed E-state index contributed by atoms with van der Waals surface area (Å²) in [5.74, 6) is -0.645. The van der Waals surface area contributed by atoms with Crippen molar-refractivity contribution < 1.29 is 9.59 Å². The van der Waals surface area contributed by atoms with Crippen molar-refractivity contribution in [2.24, 2.45) is 0 Å². The number of amides is 2. The second-order valence-electron chi connectivity index (χ2n) is 8.72. The van der Waals surface area contributed by atoms with Gasteiger partial charge in [-0.25, -0.2) is 4.98 Å². The Morgan fingerprint density at radius 3 is 2.23 bits per heavy atom. The molecule has 3 aromatic carbocycles. The maximum absolute atomic E-state index is 13.6. The zero-order valence-electron chi connectivity index (χ0n) is 20.3. The van der Waals surface area contributed by atoms with Crippen molar-refractivity contribution in [1.82, 2.24) is 9.55 Å². The summed E-state index contributed by atoms with van der Waals surface area (Å²) < 4.78 is 1.38. The molecular formula is C28H28N4O3. The number of para-hydroxylation sites is 3. The van der Waals surface area contributed by atoms with Crippen LogP contribution in [0.4, 0.5) is 11.5 Å². The summed E-state index contributed by atoms with van der Waals surface area (Å²) in [5, 5.41) is 2.94. The van der Waals surface area contributed by atoms with E-state index in [1.807, 2.05) is 69.3 Å². The predicted molar refractivity (Wildman–Crippen MR) is 139 cm³/mol. The lowest BCUT2D eigenvalue weighted by atomic mass is 10.1. The fourth-order valence-electron chi connectivity index (χ4n) is 4.06. The number of carbonyl (C=O) groups excluding carboxylic acids is 2. The zero-order chi connectivity index (χ0) is 25.1. The Hall–Kier alpha value is -4.26. The van der Waals surface area contributed by atoms with Crippen LogP contribution in [-0.2, 0) is 22.7 Å². The second-order valence-corrected chi connectivity index (χ2v) is 8.72. The van der Waals surface area contributed by atoms with E-state index in [1.165, 1.54) is 16.4 Å². The van der Waals surface area contributed by atoms with Gasteiger partial charge in [-0.05, 0) is 49.6 Å². The first-order valence-corrected chi connectivity index (χ1v) is 11.4. The first kappa shape index (κ1) is 23.9. The summed E-state index contributed by atoms with van der Waals surface area (Å²) in [4.78, 5) is 45.2. The molecule has 7 nitrogen and oxygen atoms in total. The number of hydrogen-bond acceptors (Lipinski definition) is 4. The zero-order valence-corrected chi connectivity index (χ0v) is 20.3.